The lowest BCUT2D eigenvalue weighted by Gasteiger charge is -2.38. The van der Waals surface area contributed by atoms with Gasteiger partial charge < -0.3 is 9.80 Å². The number of hydrogen-bond acceptors (Lipinski definition) is 4. The molecule has 2 aliphatic rings. The number of hydrogen-bond donors (Lipinski definition) is 0. The maximum Gasteiger partial charge on any atom is 0.269 e. The van der Waals surface area contributed by atoms with Gasteiger partial charge in [-0.05, 0) is 63.4 Å². The molecule has 1 aromatic carbocycles. The van der Waals surface area contributed by atoms with Gasteiger partial charge in [0.05, 0.1) is 4.92 Å². The summed E-state index contributed by atoms with van der Waals surface area (Å²) in [4.78, 5) is 15.4. The highest BCUT2D eigenvalue weighted by atomic mass is 16.6. The number of non-ortho nitro benzene ring substituents is 1. The quantitative estimate of drug-likeness (QED) is 0.620. The highest BCUT2D eigenvalue weighted by Gasteiger charge is 2.40. The zero-order chi connectivity index (χ0) is 15.0. The van der Waals surface area contributed by atoms with E-state index in [0.29, 0.717) is 5.41 Å². The molecule has 3 rings (SSSR count). The predicted octanol–water partition coefficient (Wildman–Crippen LogP) is 2.83. The minimum Gasteiger partial charge on any atom is -0.371 e. The summed E-state index contributed by atoms with van der Waals surface area (Å²) in [5, 5.41) is 10.8. The average molecular weight is 289 g/mol. The van der Waals surface area contributed by atoms with E-state index >= 15 is 0 Å². The molecule has 2 saturated heterocycles. The highest BCUT2D eigenvalue weighted by Crippen LogP contribution is 2.42. The Balaban J connectivity index is 1.76. The van der Waals surface area contributed by atoms with Gasteiger partial charge in [-0.3, -0.25) is 10.1 Å². The van der Waals surface area contributed by atoms with Gasteiger partial charge in [0.15, 0.2) is 0 Å². The van der Waals surface area contributed by atoms with Gasteiger partial charge >= 0.3 is 0 Å². The lowest BCUT2D eigenvalue weighted by Crippen LogP contribution is -2.39. The van der Waals surface area contributed by atoms with Crippen LogP contribution in [0.4, 0.5) is 11.4 Å². The molecule has 2 aliphatic heterocycles. The molecule has 0 amide bonds. The number of nitrogens with zero attached hydrogens (tertiary/aromatic N) is 3. The van der Waals surface area contributed by atoms with Crippen molar-refractivity contribution in [3.63, 3.8) is 0 Å². The number of likely N-dealkylation sites (tertiary alicyclic amines) is 1. The summed E-state index contributed by atoms with van der Waals surface area (Å²) in [5.74, 6) is 0. The van der Waals surface area contributed by atoms with E-state index in [1.807, 2.05) is 13.0 Å². The van der Waals surface area contributed by atoms with E-state index in [2.05, 4.69) is 16.8 Å². The minimum absolute atomic E-state index is 0.185. The van der Waals surface area contributed by atoms with E-state index < -0.39 is 0 Å². The first-order valence-electron chi connectivity index (χ1n) is 7.68. The van der Waals surface area contributed by atoms with Crippen molar-refractivity contribution in [2.24, 2.45) is 5.41 Å². The first kappa shape index (κ1) is 14.3. The fraction of sp³-hybridized carbons (Fsp3) is 0.625. The molecule has 0 saturated carbocycles. The standard InChI is InChI=1S/C16H23N3O2/c1-13-11-14(19(20)21)3-4-15(13)18-10-7-16(12-18)5-8-17(2)9-6-16/h3-4,11H,5-10,12H2,1-2H3. The van der Waals surface area contributed by atoms with E-state index in [9.17, 15) is 10.1 Å². The fourth-order valence-electron chi connectivity index (χ4n) is 3.75. The molecule has 2 heterocycles. The second kappa shape index (κ2) is 5.30. The number of aryl methyl sites for hydroxylation is 1. The van der Waals surface area contributed by atoms with Crippen LogP contribution >= 0.6 is 0 Å². The van der Waals surface area contributed by atoms with Gasteiger partial charge in [-0.25, -0.2) is 0 Å². The van der Waals surface area contributed by atoms with Crippen LogP contribution in [0.25, 0.3) is 0 Å². The van der Waals surface area contributed by atoms with Crippen LogP contribution in [0.5, 0.6) is 0 Å². The van der Waals surface area contributed by atoms with E-state index in [1.54, 1.807) is 12.1 Å². The molecule has 114 valence electrons. The van der Waals surface area contributed by atoms with Crippen LogP contribution in [0.3, 0.4) is 0 Å². The molecule has 0 unspecified atom stereocenters. The number of anilines is 1. The minimum atomic E-state index is -0.320. The van der Waals surface area contributed by atoms with Gasteiger partial charge in [0, 0.05) is 30.9 Å². The van der Waals surface area contributed by atoms with Crippen LogP contribution in [0.1, 0.15) is 24.8 Å². The summed E-state index contributed by atoms with van der Waals surface area (Å²) >= 11 is 0. The van der Waals surface area contributed by atoms with Crippen molar-refractivity contribution in [2.45, 2.75) is 26.2 Å². The Hall–Kier alpha value is -1.62. The molecule has 5 nitrogen and oxygen atoms in total. The van der Waals surface area contributed by atoms with Crippen LogP contribution in [-0.4, -0.2) is 43.0 Å². The lowest BCUT2D eigenvalue weighted by molar-refractivity contribution is -0.384. The monoisotopic (exact) mass is 289 g/mol. The summed E-state index contributed by atoms with van der Waals surface area (Å²) in [6.45, 7) is 6.52. The van der Waals surface area contributed by atoms with Crippen molar-refractivity contribution < 1.29 is 4.92 Å². The molecule has 0 radical (unpaired) electrons. The highest BCUT2D eigenvalue weighted by molar-refractivity contribution is 5.58. The molecular formula is C16H23N3O2. The fourth-order valence-corrected chi connectivity index (χ4v) is 3.75. The normalized spacial score (nSPS) is 21.9. The molecule has 0 atom stereocenters. The van der Waals surface area contributed by atoms with Crippen molar-refractivity contribution in [3.8, 4) is 0 Å². The number of rotatable bonds is 2. The van der Waals surface area contributed by atoms with E-state index in [0.717, 1.165) is 24.3 Å². The summed E-state index contributed by atoms with van der Waals surface area (Å²) < 4.78 is 0. The zero-order valence-corrected chi connectivity index (χ0v) is 12.8. The number of benzene rings is 1. The Bertz CT molecular complexity index is 550. The topological polar surface area (TPSA) is 49.6 Å². The first-order chi connectivity index (χ1) is 9.99. The molecular weight excluding hydrogens is 266 g/mol. The van der Waals surface area contributed by atoms with Crippen molar-refractivity contribution in [1.29, 1.82) is 0 Å². The van der Waals surface area contributed by atoms with Crippen LogP contribution < -0.4 is 4.90 Å². The van der Waals surface area contributed by atoms with E-state index in [-0.39, 0.29) is 10.6 Å². The number of nitro groups is 1. The molecule has 1 spiro atoms. The van der Waals surface area contributed by atoms with Gasteiger partial charge in [-0.1, -0.05) is 0 Å². The Kier molecular flexibility index (Phi) is 3.61. The van der Waals surface area contributed by atoms with Gasteiger partial charge in [-0.2, -0.15) is 0 Å². The second-order valence-corrected chi connectivity index (χ2v) is 6.70. The van der Waals surface area contributed by atoms with E-state index in [1.165, 1.54) is 32.4 Å². The van der Waals surface area contributed by atoms with E-state index in [4.69, 9.17) is 0 Å². The molecule has 0 aliphatic carbocycles. The average Bonchev–Trinajstić information content (AvgIpc) is 2.86. The molecule has 2 fully saturated rings. The third-order valence-electron chi connectivity index (χ3n) is 5.22. The summed E-state index contributed by atoms with van der Waals surface area (Å²) in [7, 11) is 2.19. The third kappa shape index (κ3) is 2.75. The Morgan fingerprint density at radius 2 is 1.86 bits per heavy atom. The molecule has 5 heteroatoms. The Morgan fingerprint density at radius 3 is 2.48 bits per heavy atom. The third-order valence-corrected chi connectivity index (χ3v) is 5.22. The Labute approximate surface area is 125 Å². The van der Waals surface area contributed by atoms with Gasteiger partial charge in [-0.15, -0.1) is 0 Å². The second-order valence-electron chi connectivity index (χ2n) is 6.70. The Morgan fingerprint density at radius 1 is 1.19 bits per heavy atom. The van der Waals surface area contributed by atoms with Gasteiger partial charge in [0.25, 0.3) is 5.69 Å². The summed E-state index contributed by atoms with van der Waals surface area (Å²) in [6, 6.07) is 5.23. The molecule has 0 bridgehead atoms. The molecule has 21 heavy (non-hydrogen) atoms. The lowest BCUT2D eigenvalue weighted by atomic mass is 9.78. The molecule has 0 N–H and O–H groups in total. The smallest absolute Gasteiger partial charge is 0.269 e. The maximum absolute atomic E-state index is 10.8. The maximum atomic E-state index is 10.8. The number of nitro benzene ring substituents is 1. The van der Waals surface area contributed by atoms with Gasteiger partial charge in [0.2, 0.25) is 0 Å². The molecule has 1 aromatic rings. The van der Waals surface area contributed by atoms with Crippen LogP contribution in [0, 0.1) is 22.5 Å². The molecule has 0 aromatic heterocycles. The number of piperidine rings is 1. The SMILES string of the molecule is Cc1cc([N+](=O)[O-])ccc1N1CCC2(CCN(C)CC2)C1. The first-order valence-corrected chi connectivity index (χ1v) is 7.68. The van der Waals surface area contributed by atoms with Gasteiger partial charge in [0.1, 0.15) is 0 Å². The predicted molar refractivity (Wildman–Crippen MR) is 83.8 cm³/mol. The van der Waals surface area contributed by atoms with Crippen LogP contribution in [0.15, 0.2) is 18.2 Å². The van der Waals surface area contributed by atoms with Crippen LogP contribution in [0.2, 0.25) is 0 Å². The zero-order valence-electron chi connectivity index (χ0n) is 12.8. The summed E-state index contributed by atoms with van der Waals surface area (Å²) in [5.41, 5.74) is 2.82. The summed E-state index contributed by atoms with van der Waals surface area (Å²) in [6.07, 6.45) is 3.79. The van der Waals surface area contributed by atoms with Crippen molar-refractivity contribution in [1.82, 2.24) is 4.90 Å². The van der Waals surface area contributed by atoms with Crippen molar-refractivity contribution in [2.75, 3.05) is 38.1 Å². The van der Waals surface area contributed by atoms with Crippen molar-refractivity contribution >= 4 is 11.4 Å². The van der Waals surface area contributed by atoms with Crippen molar-refractivity contribution in [3.05, 3.63) is 33.9 Å². The van der Waals surface area contributed by atoms with Crippen LogP contribution in [-0.2, 0) is 0 Å². The largest absolute Gasteiger partial charge is 0.371 e.